The zero-order valence-electron chi connectivity index (χ0n) is 14.2. The highest BCUT2D eigenvalue weighted by atomic mass is 35.5. The summed E-state index contributed by atoms with van der Waals surface area (Å²) in [4.78, 5) is 28.5. The Kier molecular flexibility index (Phi) is 8.08. The van der Waals surface area contributed by atoms with Crippen LogP contribution in [-0.2, 0) is 0 Å². The number of hydrogen-bond acceptors (Lipinski definition) is 6. The summed E-state index contributed by atoms with van der Waals surface area (Å²) in [5, 5.41) is 15.4. The molecule has 3 N–H and O–H groups in total. The molecule has 0 spiro atoms. The lowest BCUT2D eigenvalue weighted by Crippen LogP contribution is -2.30. The van der Waals surface area contributed by atoms with Crippen LogP contribution in [0.5, 0.6) is 5.75 Å². The second-order valence-corrected chi connectivity index (χ2v) is 5.86. The number of rotatable bonds is 3. The molecule has 1 fully saturated rings. The van der Waals surface area contributed by atoms with E-state index in [-0.39, 0.29) is 47.9 Å². The van der Waals surface area contributed by atoms with Gasteiger partial charge in [0.15, 0.2) is 11.6 Å². The minimum absolute atomic E-state index is 0. The summed E-state index contributed by atoms with van der Waals surface area (Å²) in [6.07, 6.45) is 3.40. The first-order valence-electron chi connectivity index (χ1n) is 7.87. The molecule has 0 bridgehead atoms. The van der Waals surface area contributed by atoms with Crippen LogP contribution in [0.15, 0.2) is 33.6 Å². The van der Waals surface area contributed by atoms with Gasteiger partial charge in [0, 0.05) is 18.7 Å². The van der Waals surface area contributed by atoms with Gasteiger partial charge >= 0.3 is 5.63 Å². The van der Waals surface area contributed by atoms with Gasteiger partial charge in [-0.25, -0.2) is 9.78 Å². The lowest BCUT2D eigenvalue weighted by atomic mass is 9.95. The van der Waals surface area contributed by atoms with Crippen molar-refractivity contribution in [3.05, 3.63) is 51.7 Å². The number of carbonyl (C=O) groups excluding carboxylic acids is 1. The molecule has 1 aliphatic rings. The number of carbonyl (C=O) groups is 1. The highest BCUT2D eigenvalue weighted by molar-refractivity contribution is 6.05. The van der Waals surface area contributed by atoms with Crippen LogP contribution in [0.4, 0.5) is 5.82 Å². The van der Waals surface area contributed by atoms with E-state index in [0.717, 1.165) is 25.9 Å². The van der Waals surface area contributed by atoms with Crippen LogP contribution in [0, 0.1) is 6.92 Å². The van der Waals surface area contributed by atoms with Gasteiger partial charge in [0.2, 0.25) is 0 Å². The molecule has 1 aliphatic heterocycles. The zero-order chi connectivity index (χ0) is 17.1. The number of anilines is 1. The molecule has 7 nitrogen and oxygen atoms in total. The summed E-state index contributed by atoms with van der Waals surface area (Å²) < 4.78 is 5.38. The Morgan fingerprint density at radius 3 is 2.81 bits per heavy atom. The third-order valence-electron chi connectivity index (χ3n) is 4.11. The topological polar surface area (TPSA) is 104 Å². The summed E-state index contributed by atoms with van der Waals surface area (Å²) >= 11 is 0. The number of aryl methyl sites for hydroxylation is 1. The first-order chi connectivity index (χ1) is 11.6. The van der Waals surface area contributed by atoms with Crippen LogP contribution < -0.4 is 16.3 Å². The fourth-order valence-corrected chi connectivity index (χ4v) is 2.86. The quantitative estimate of drug-likeness (QED) is 0.729. The fraction of sp³-hybridized carbons (Fsp3) is 0.353. The molecule has 0 aromatic carbocycles. The Morgan fingerprint density at radius 1 is 1.42 bits per heavy atom. The van der Waals surface area contributed by atoms with Gasteiger partial charge in [-0.2, -0.15) is 0 Å². The average Bonchev–Trinajstić information content (AvgIpc) is 2.57. The van der Waals surface area contributed by atoms with Crippen LogP contribution in [0.3, 0.4) is 0 Å². The number of aromatic nitrogens is 1. The van der Waals surface area contributed by atoms with E-state index in [0.29, 0.717) is 11.3 Å². The highest BCUT2D eigenvalue weighted by Crippen LogP contribution is 2.24. The van der Waals surface area contributed by atoms with Crippen molar-refractivity contribution in [3.8, 4) is 5.75 Å². The maximum Gasteiger partial charge on any atom is 0.349 e. The molecule has 1 unspecified atom stereocenters. The van der Waals surface area contributed by atoms with Crippen molar-refractivity contribution in [2.45, 2.75) is 25.7 Å². The number of piperidine rings is 1. The van der Waals surface area contributed by atoms with Crippen molar-refractivity contribution in [2.75, 3.05) is 18.4 Å². The number of hydrogen-bond donors (Lipinski definition) is 3. The number of pyridine rings is 1. The Bertz CT molecular complexity index is 820. The predicted octanol–water partition coefficient (Wildman–Crippen LogP) is 2.61. The van der Waals surface area contributed by atoms with Gasteiger partial charge in [-0.05, 0) is 50.1 Å². The average molecular weight is 402 g/mol. The molecule has 142 valence electrons. The molecule has 3 rings (SSSR count). The van der Waals surface area contributed by atoms with E-state index in [1.165, 1.54) is 18.3 Å². The molecule has 0 aliphatic carbocycles. The number of nitrogens with zero attached hydrogens (tertiary/aromatic N) is 1. The lowest BCUT2D eigenvalue weighted by molar-refractivity contribution is 0.102. The van der Waals surface area contributed by atoms with Gasteiger partial charge in [0.05, 0.1) is 0 Å². The largest absolute Gasteiger partial charge is 0.504 e. The summed E-state index contributed by atoms with van der Waals surface area (Å²) in [7, 11) is 0. The molecule has 3 heterocycles. The SMILES string of the molecule is Cc1cc(C2CCCNC2)oc(=O)c1C(=O)Nc1ncccc1O.Cl.Cl. The Balaban J connectivity index is 0.00000169. The molecule has 1 saturated heterocycles. The van der Waals surface area contributed by atoms with E-state index in [2.05, 4.69) is 15.6 Å². The first-order valence-corrected chi connectivity index (χ1v) is 7.87. The van der Waals surface area contributed by atoms with Gasteiger partial charge in [-0.1, -0.05) is 0 Å². The van der Waals surface area contributed by atoms with Gasteiger partial charge in [0.1, 0.15) is 11.3 Å². The third-order valence-corrected chi connectivity index (χ3v) is 4.11. The van der Waals surface area contributed by atoms with Gasteiger partial charge in [-0.15, -0.1) is 24.8 Å². The summed E-state index contributed by atoms with van der Waals surface area (Å²) in [6.45, 7) is 3.42. The van der Waals surface area contributed by atoms with Crippen LogP contribution in [0.25, 0.3) is 0 Å². The van der Waals surface area contributed by atoms with Gasteiger partial charge < -0.3 is 20.2 Å². The van der Waals surface area contributed by atoms with Crippen LogP contribution in [0.1, 0.15) is 40.4 Å². The summed E-state index contributed by atoms with van der Waals surface area (Å²) in [5.74, 6) is -0.0766. The second kappa shape index (κ2) is 9.56. The third kappa shape index (κ3) is 4.75. The first kappa shape index (κ1) is 22.0. The van der Waals surface area contributed by atoms with Crippen LogP contribution >= 0.6 is 24.8 Å². The van der Waals surface area contributed by atoms with Gasteiger partial charge in [0.25, 0.3) is 5.91 Å². The van der Waals surface area contributed by atoms with E-state index >= 15 is 0 Å². The number of halogens is 2. The lowest BCUT2D eigenvalue weighted by Gasteiger charge is -2.22. The maximum absolute atomic E-state index is 12.4. The maximum atomic E-state index is 12.4. The van der Waals surface area contributed by atoms with Crippen molar-refractivity contribution >= 4 is 36.5 Å². The Hall–Kier alpha value is -2.09. The minimum atomic E-state index is -0.677. The molecule has 1 amide bonds. The molecule has 0 radical (unpaired) electrons. The van der Waals surface area contributed by atoms with E-state index < -0.39 is 11.5 Å². The standard InChI is InChI=1S/C17H19N3O4.2ClH/c1-10-8-13(11-4-2-6-18-9-11)24-17(23)14(10)16(22)20-15-12(21)5-3-7-19-15;;/h3,5,7-8,11,18,21H,2,4,6,9H2,1H3,(H,19,20,22);2*1H. The molecule has 26 heavy (non-hydrogen) atoms. The smallest absolute Gasteiger partial charge is 0.349 e. The van der Waals surface area contributed by atoms with Crippen LogP contribution in [0.2, 0.25) is 0 Å². The normalized spacial score (nSPS) is 16.1. The minimum Gasteiger partial charge on any atom is -0.504 e. The predicted molar refractivity (Wildman–Crippen MR) is 103 cm³/mol. The number of amides is 1. The molecule has 2 aromatic rings. The summed E-state index contributed by atoms with van der Waals surface area (Å²) in [5.41, 5.74) is -0.212. The second-order valence-electron chi connectivity index (χ2n) is 5.86. The molecule has 2 aromatic heterocycles. The van der Waals surface area contributed by atoms with Crippen molar-refractivity contribution in [3.63, 3.8) is 0 Å². The Labute approximate surface area is 163 Å². The monoisotopic (exact) mass is 401 g/mol. The van der Waals surface area contributed by atoms with Crippen molar-refractivity contribution in [1.29, 1.82) is 0 Å². The highest BCUT2D eigenvalue weighted by Gasteiger charge is 2.23. The van der Waals surface area contributed by atoms with Crippen LogP contribution in [-0.4, -0.2) is 29.1 Å². The van der Waals surface area contributed by atoms with E-state index in [4.69, 9.17) is 4.42 Å². The molecular formula is C17H21Cl2N3O4. The fourth-order valence-electron chi connectivity index (χ4n) is 2.86. The Morgan fingerprint density at radius 2 is 2.19 bits per heavy atom. The van der Waals surface area contributed by atoms with E-state index in [9.17, 15) is 14.7 Å². The molecule has 1 atom stereocenters. The molecular weight excluding hydrogens is 381 g/mol. The summed E-state index contributed by atoms with van der Waals surface area (Å²) in [6, 6.07) is 4.68. The van der Waals surface area contributed by atoms with E-state index in [1.54, 1.807) is 13.0 Å². The number of nitrogens with one attached hydrogen (secondary N) is 2. The van der Waals surface area contributed by atoms with E-state index in [1.807, 2.05) is 0 Å². The van der Waals surface area contributed by atoms with Crippen molar-refractivity contribution in [1.82, 2.24) is 10.3 Å². The zero-order valence-corrected chi connectivity index (χ0v) is 15.8. The van der Waals surface area contributed by atoms with Crippen molar-refractivity contribution in [2.24, 2.45) is 0 Å². The van der Waals surface area contributed by atoms with Gasteiger partial charge in [-0.3, -0.25) is 4.79 Å². The number of aromatic hydroxyl groups is 1. The molecule has 0 saturated carbocycles. The molecule has 9 heteroatoms. The van der Waals surface area contributed by atoms with Crippen molar-refractivity contribution < 1.29 is 14.3 Å².